The molecular weight excluding hydrogens is 177 g/mol. The molecule has 0 radical (unpaired) electrons. The summed E-state index contributed by atoms with van der Waals surface area (Å²) in [5, 5.41) is 0. The summed E-state index contributed by atoms with van der Waals surface area (Å²) in [6, 6.07) is 6.49. The molecule has 0 atom stereocenters. The lowest BCUT2D eigenvalue weighted by Gasteiger charge is -2.15. The van der Waals surface area contributed by atoms with Crippen LogP contribution >= 0.6 is 0 Å². The van der Waals surface area contributed by atoms with Crippen molar-refractivity contribution in [1.82, 2.24) is 0 Å². The fourth-order valence-corrected chi connectivity index (χ4v) is 2.20. The van der Waals surface area contributed by atoms with Crippen LogP contribution in [0.15, 0.2) is 24.3 Å². The second-order valence-electron chi connectivity index (χ2n) is 3.86. The van der Waals surface area contributed by atoms with Crippen molar-refractivity contribution in [3.8, 4) is 0 Å². The first-order valence-electron chi connectivity index (χ1n) is 4.91. The van der Waals surface area contributed by atoms with E-state index in [0.29, 0.717) is 0 Å². The lowest BCUT2D eigenvalue weighted by molar-refractivity contribution is 0.543. The second-order valence-corrected chi connectivity index (χ2v) is 3.86. The van der Waals surface area contributed by atoms with Crippen molar-refractivity contribution in [2.45, 2.75) is 31.2 Å². The van der Waals surface area contributed by atoms with Gasteiger partial charge in [-0.15, -0.1) is 0 Å². The first-order chi connectivity index (χ1) is 6.77. The second kappa shape index (κ2) is 3.42. The lowest BCUT2D eigenvalue weighted by atomic mass is 9.89. The summed E-state index contributed by atoms with van der Waals surface area (Å²) in [5.74, 6) is -0.238. The average molecular weight is 189 g/mol. The van der Waals surface area contributed by atoms with Crippen molar-refractivity contribution < 1.29 is 4.39 Å². The van der Waals surface area contributed by atoms with Crippen LogP contribution in [0.3, 0.4) is 0 Å². The van der Waals surface area contributed by atoms with Gasteiger partial charge in [0.25, 0.3) is 5.54 Å². The molecule has 1 nitrogen and oxygen atoms in total. The van der Waals surface area contributed by atoms with Crippen LogP contribution in [0.2, 0.25) is 0 Å². The molecular formula is C12H12FN. The molecule has 1 aliphatic carbocycles. The molecule has 0 heterocycles. The van der Waals surface area contributed by atoms with Crippen LogP contribution < -0.4 is 0 Å². The van der Waals surface area contributed by atoms with Crippen LogP contribution in [0, 0.1) is 12.4 Å². The van der Waals surface area contributed by atoms with Gasteiger partial charge in [-0.25, -0.2) is 11.0 Å². The number of nitrogens with zero attached hydrogens (tertiary/aromatic N) is 1. The fraction of sp³-hybridized carbons (Fsp3) is 0.417. The van der Waals surface area contributed by atoms with Crippen LogP contribution in [0.1, 0.15) is 31.2 Å². The van der Waals surface area contributed by atoms with E-state index in [2.05, 4.69) is 4.85 Å². The smallest absolute Gasteiger partial charge is 0.257 e. The average Bonchev–Trinajstić information content (AvgIpc) is 2.67. The molecule has 0 unspecified atom stereocenters. The van der Waals surface area contributed by atoms with Crippen LogP contribution in [-0.4, -0.2) is 0 Å². The van der Waals surface area contributed by atoms with Crippen LogP contribution in [0.25, 0.3) is 4.85 Å². The van der Waals surface area contributed by atoms with E-state index < -0.39 is 5.54 Å². The summed E-state index contributed by atoms with van der Waals surface area (Å²) in [4.78, 5) is 3.71. The summed E-state index contributed by atoms with van der Waals surface area (Å²) in [5.41, 5.74) is 0.423. The SMILES string of the molecule is [C-]#[N+]C1(c2cccc(F)c2)CCCC1. The summed E-state index contributed by atoms with van der Waals surface area (Å²) in [6.07, 6.45) is 3.91. The van der Waals surface area contributed by atoms with E-state index in [1.54, 1.807) is 6.07 Å². The third-order valence-corrected chi connectivity index (χ3v) is 3.01. The summed E-state index contributed by atoms with van der Waals surface area (Å²) >= 11 is 0. The van der Waals surface area contributed by atoms with E-state index in [-0.39, 0.29) is 5.82 Å². The Morgan fingerprint density at radius 2 is 2.00 bits per heavy atom. The van der Waals surface area contributed by atoms with E-state index in [9.17, 15) is 4.39 Å². The predicted octanol–water partition coefficient (Wildman–Crippen LogP) is 3.51. The zero-order chi connectivity index (χ0) is 10.0. The molecule has 1 aromatic carbocycles. The molecule has 72 valence electrons. The van der Waals surface area contributed by atoms with Crippen molar-refractivity contribution in [1.29, 1.82) is 0 Å². The van der Waals surface area contributed by atoms with Gasteiger partial charge in [0.05, 0.1) is 0 Å². The van der Waals surface area contributed by atoms with Gasteiger partial charge in [0.15, 0.2) is 0 Å². The normalized spacial score (nSPS) is 19.1. The Hall–Kier alpha value is -1.36. The number of rotatable bonds is 1. The van der Waals surface area contributed by atoms with Crippen molar-refractivity contribution >= 4 is 0 Å². The molecule has 0 N–H and O–H groups in total. The third kappa shape index (κ3) is 1.39. The van der Waals surface area contributed by atoms with E-state index >= 15 is 0 Å². The van der Waals surface area contributed by atoms with Gasteiger partial charge in [0, 0.05) is 18.4 Å². The Labute approximate surface area is 83.4 Å². The number of halogens is 1. The van der Waals surface area contributed by atoms with Crippen LogP contribution in [-0.2, 0) is 5.54 Å². The highest BCUT2D eigenvalue weighted by Crippen LogP contribution is 2.42. The molecule has 1 aliphatic rings. The minimum absolute atomic E-state index is 0.238. The highest BCUT2D eigenvalue weighted by Gasteiger charge is 2.42. The van der Waals surface area contributed by atoms with Gasteiger partial charge >= 0.3 is 0 Å². The van der Waals surface area contributed by atoms with Gasteiger partial charge in [-0.3, -0.25) is 0 Å². The maximum Gasteiger partial charge on any atom is 0.257 e. The topological polar surface area (TPSA) is 4.36 Å². The fourth-order valence-electron chi connectivity index (χ4n) is 2.20. The molecule has 0 spiro atoms. The quantitative estimate of drug-likeness (QED) is 0.595. The van der Waals surface area contributed by atoms with Crippen molar-refractivity contribution in [3.05, 3.63) is 47.1 Å². The van der Waals surface area contributed by atoms with Crippen molar-refractivity contribution in [2.24, 2.45) is 0 Å². The van der Waals surface area contributed by atoms with Crippen LogP contribution in [0.4, 0.5) is 4.39 Å². The highest BCUT2D eigenvalue weighted by atomic mass is 19.1. The van der Waals surface area contributed by atoms with Crippen molar-refractivity contribution in [3.63, 3.8) is 0 Å². The van der Waals surface area contributed by atoms with Gasteiger partial charge in [-0.05, 0) is 25.0 Å². The molecule has 2 heteroatoms. The largest absolute Gasteiger partial charge is 0.305 e. The van der Waals surface area contributed by atoms with Gasteiger partial charge in [0.1, 0.15) is 5.82 Å². The Balaban J connectivity index is 2.42. The molecule has 1 aromatic rings. The Kier molecular flexibility index (Phi) is 2.25. The lowest BCUT2D eigenvalue weighted by Crippen LogP contribution is -2.16. The molecule has 0 bridgehead atoms. The Bertz CT molecular complexity index is 372. The van der Waals surface area contributed by atoms with Gasteiger partial charge in [0.2, 0.25) is 0 Å². The molecule has 1 fully saturated rings. The first-order valence-corrected chi connectivity index (χ1v) is 4.91. The predicted molar refractivity (Wildman–Crippen MR) is 53.1 cm³/mol. The van der Waals surface area contributed by atoms with Crippen molar-refractivity contribution in [2.75, 3.05) is 0 Å². The first kappa shape index (κ1) is 9.21. The Morgan fingerprint density at radius 1 is 1.29 bits per heavy atom. The maximum absolute atomic E-state index is 13.0. The van der Waals surface area contributed by atoms with Gasteiger partial charge in [-0.1, -0.05) is 12.1 Å². The molecule has 0 saturated heterocycles. The summed E-state index contributed by atoms with van der Waals surface area (Å²) < 4.78 is 13.0. The third-order valence-electron chi connectivity index (χ3n) is 3.01. The molecule has 1 saturated carbocycles. The van der Waals surface area contributed by atoms with E-state index in [0.717, 1.165) is 31.2 Å². The minimum Gasteiger partial charge on any atom is -0.305 e. The zero-order valence-corrected chi connectivity index (χ0v) is 7.96. The van der Waals surface area contributed by atoms with E-state index in [1.807, 2.05) is 6.07 Å². The molecule has 2 rings (SSSR count). The molecule has 0 aromatic heterocycles. The van der Waals surface area contributed by atoms with Crippen LogP contribution in [0.5, 0.6) is 0 Å². The molecule has 0 amide bonds. The minimum atomic E-state index is -0.428. The highest BCUT2D eigenvalue weighted by molar-refractivity contribution is 5.29. The van der Waals surface area contributed by atoms with Gasteiger partial charge < -0.3 is 4.85 Å². The zero-order valence-electron chi connectivity index (χ0n) is 7.96. The monoisotopic (exact) mass is 189 g/mol. The maximum atomic E-state index is 13.0. The molecule has 0 aliphatic heterocycles. The summed E-state index contributed by atoms with van der Waals surface area (Å²) in [7, 11) is 0. The number of hydrogen-bond acceptors (Lipinski definition) is 0. The number of benzene rings is 1. The van der Waals surface area contributed by atoms with Gasteiger partial charge in [-0.2, -0.15) is 0 Å². The standard InChI is InChI=1S/C12H12FN/c1-14-12(7-2-3-8-12)10-5-4-6-11(13)9-10/h4-6,9H,2-3,7-8H2. The summed E-state index contributed by atoms with van der Waals surface area (Å²) in [6.45, 7) is 7.26. The number of hydrogen-bond donors (Lipinski definition) is 0. The Morgan fingerprint density at radius 3 is 2.57 bits per heavy atom. The van der Waals surface area contributed by atoms with E-state index in [4.69, 9.17) is 6.57 Å². The molecule has 14 heavy (non-hydrogen) atoms. The van der Waals surface area contributed by atoms with E-state index in [1.165, 1.54) is 12.1 Å².